The Balaban J connectivity index is 1.97. The maximum Gasteiger partial charge on any atom is 0.404 e. The van der Waals surface area contributed by atoms with Crippen LogP contribution in [0.2, 0.25) is 0 Å². The number of aromatic nitrogens is 1. The highest BCUT2D eigenvalue weighted by Crippen LogP contribution is 2.41. The van der Waals surface area contributed by atoms with E-state index in [2.05, 4.69) is 10.3 Å². The molecule has 4 rings (SSSR count). The number of aromatic amines is 1. The Bertz CT molecular complexity index is 1260. The van der Waals surface area contributed by atoms with Crippen LogP contribution in [0.1, 0.15) is 11.1 Å². The molecule has 0 spiro atoms. The second-order valence-electron chi connectivity index (χ2n) is 6.49. The minimum absolute atomic E-state index is 0.0909. The zero-order chi connectivity index (χ0) is 19.8. The number of fused-ring (bicyclic) bond motifs is 3. The van der Waals surface area contributed by atoms with Crippen LogP contribution in [0.5, 0.6) is 5.75 Å². The molecule has 6 nitrogen and oxygen atoms in total. The highest BCUT2D eigenvalue weighted by Gasteiger charge is 2.18. The maximum absolute atomic E-state index is 12.4. The number of hydrogen-bond donors (Lipinski definition) is 3. The van der Waals surface area contributed by atoms with E-state index in [1.807, 2.05) is 48.7 Å². The molecule has 7 heteroatoms. The van der Waals surface area contributed by atoms with Gasteiger partial charge in [0.2, 0.25) is 0 Å². The van der Waals surface area contributed by atoms with Crippen molar-refractivity contribution in [1.29, 1.82) is 0 Å². The van der Waals surface area contributed by atoms with Crippen LogP contribution in [0.3, 0.4) is 0 Å². The number of aryl methyl sites for hydroxylation is 1. The van der Waals surface area contributed by atoms with Crippen LogP contribution < -0.4 is 15.6 Å². The van der Waals surface area contributed by atoms with Gasteiger partial charge in [0.1, 0.15) is 10.4 Å². The molecule has 28 heavy (non-hydrogen) atoms. The average molecular weight is 394 g/mol. The molecule has 1 amide bonds. The summed E-state index contributed by atoms with van der Waals surface area (Å²) in [6.45, 7) is 2.19. The molecule has 0 bridgehead atoms. The SMILES string of the molecule is COc1cc(C)c2[nH]c(=O)c3sccc3c2c1-c1ccc(CNC(=O)O)cc1. The number of carboxylic acid groups (broad SMARTS) is 1. The molecule has 4 aromatic rings. The van der Waals surface area contributed by atoms with Gasteiger partial charge < -0.3 is 20.1 Å². The van der Waals surface area contributed by atoms with Gasteiger partial charge in [0.05, 0.1) is 12.6 Å². The minimum Gasteiger partial charge on any atom is -0.496 e. The van der Waals surface area contributed by atoms with Crippen molar-refractivity contribution in [2.75, 3.05) is 7.11 Å². The van der Waals surface area contributed by atoms with E-state index in [0.29, 0.717) is 4.70 Å². The zero-order valence-corrected chi connectivity index (χ0v) is 16.1. The highest BCUT2D eigenvalue weighted by molar-refractivity contribution is 7.17. The number of benzene rings is 2. The van der Waals surface area contributed by atoms with E-state index in [-0.39, 0.29) is 12.1 Å². The standard InChI is InChI=1S/C21H18N2O4S/c1-11-9-15(27-2)16(13-5-3-12(4-6-13)10-22-21(25)26)17-14-7-8-28-19(14)20(24)23-18(11)17/h3-9,22H,10H2,1-2H3,(H,23,24)(H,25,26). The number of amides is 1. The fourth-order valence-electron chi connectivity index (χ4n) is 3.48. The topological polar surface area (TPSA) is 91.4 Å². The number of pyridine rings is 1. The van der Waals surface area contributed by atoms with Crippen LogP contribution in [-0.4, -0.2) is 23.3 Å². The van der Waals surface area contributed by atoms with Crippen LogP contribution in [0, 0.1) is 6.92 Å². The lowest BCUT2D eigenvalue weighted by Crippen LogP contribution is -2.19. The summed E-state index contributed by atoms with van der Waals surface area (Å²) in [5.74, 6) is 0.723. The molecule has 2 heterocycles. The van der Waals surface area contributed by atoms with E-state index >= 15 is 0 Å². The summed E-state index contributed by atoms with van der Waals surface area (Å²) in [7, 11) is 1.63. The van der Waals surface area contributed by atoms with Gasteiger partial charge in [0.25, 0.3) is 5.56 Å². The first kappa shape index (κ1) is 18.1. The van der Waals surface area contributed by atoms with E-state index in [9.17, 15) is 9.59 Å². The molecule has 0 aliphatic rings. The fraction of sp³-hybridized carbons (Fsp3) is 0.143. The third kappa shape index (κ3) is 2.99. The molecule has 2 aromatic heterocycles. The number of nitrogens with one attached hydrogen (secondary N) is 2. The zero-order valence-electron chi connectivity index (χ0n) is 15.3. The van der Waals surface area contributed by atoms with E-state index < -0.39 is 6.09 Å². The predicted molar refractivity (Wildman–Crippen MR) is 112 cm³/mol. The van der Waals surface area contributed by atoms with Crippen LogP contribution in [0.25, 0.3) is 32.1 Å². The smallest absolute Gasteiger partial charge is 0.404 e. The lowest BCUT2D eigenvalue weighted by Gasteiger charge is -2.16. The summed E-state index contributed by atoms with van der Waals surface area (Å²) in [6.07, 6.45) is -1.06. The van der Waals surface area contributed by atoms with Gasteiger partial charge in [0, 0.05) is 22.9 Å². The molecule has 0 aliphatic carbocycles. The van der Waals surface area contributed by atoms with Crippen LogP contribution in [-0.2, 0) is 6.54 Å². The molecule has 0 atom stereocenters. The summed E-state index contributed by atoms with van der Waals surface area (Å²) in [4.78, 5) is 26.2. The summed E-state index contributed by atoms with van der Waals surface area (Å²) >= 11 is 1.42. The molecular weight excluding hydrogens is 376 g/mol. The first-order valence-electron chi connectivity index (χ1n) is 8.66. The summed E-state index contributed by atoms with van der Waals surface area (Å²) in [5.41, 5.74) is 4.33. The van der Waals surface area contributed by atoms with Crippen molar-refractivity contribution in [2.24, 2.45) is 0 Å². The monoisotopic (exact) mass is 394 g/mol. The van der Waals surface area contributed by atoms with Gasteiger partial charge in [-0.25, -0.2) is 4.79 Å². The number of hydrogen-bond acceptors (Lipinski definition) is 4. The van der Waals surface area contributed by atoms with Crippen LogP contribution >= 0.6 is 11.3 Å². The molecule has 0 saturated heterocycles. The number of ether oxygens (including phenoxy) is 1. The number of rotatable bonds is 4. The van der Waals surface area contributed by atoms with Gasteiger partial charge in [0.15, 0.2) is 0 Å². The lowest BCUT2D eigenvalue weighted by atomic mass is 9.94. The van der Waals surface area contributed by atoms with Gasteiger partial charge in [-0.2, -0.15) is 0 Å². The molecule has 0 radical (unpaired) electrons. The van der Waals surface area contributed by atoms with Crippen molar-refractivity contribution in [2.45, 2.75) is 13.5 Å². The Labute approximate surface area is 164 Å². The van der Waals surface area contributed by atoms with E-state index in [1.54, 1.807) is 7.11 Å². The average Bonchev–Trinajstić information content (AvgIpc) is 3.18. The summed E-state index contributed by atoms with van der Waals surface area (Å²) < 4.78 is 6.36. The van der Waals surface area contributed by atoms with Gasteiger partial charge in [-0.3, -0.25) is 4.79 Å². The van der Waals surface area contributed by atoms with Gasteiger partial charge >= 0.3 is 6.09 Å². The third-order valence-corrected chi connectivity index (χ3v) is 5.69. The Kier molecular flexibility index (Phi) is 4.52. The molecule has 0 saturated carbocycles. The van der Waals surface area contributed by atoms with Crippen molar-refractivity contribution >= 4 is 38.4 Å². The van der Waals surface area contributed by atoms with Crippen molar-refractivity contribution in [1.82, 2.24) is 10.3 Å². The molecule has 0 fully saturated rings. The van der Waals surface area contributed by atoms with Crippen molar-refractivity contribution in [3.05, 3.63) is 63.3 Å². The molecule has 142 valence electrons. The highest BCUT2D eigenvalue weighted by atomic mass is 32.1. The normalized spacial score (nSPS) is 11.1. The number of H-pyrrole nitrogens is 1. The fourth-order valence-corrected chi connectivity index (χ4v) is 4.28. The molecule has 3 N–H and O–H groups in total. The predicted octanol–water partition coefficient (Wildman–Crippen LogP) is 4.49. The van der Waals surface area contributed by atoms with Crippen molar-refractivity contribution in [3.63, 3.8) is 0 Å². The van der Waals surface area contributed by atoms with Crippen molar-refractivity contribution in [3.8, 4) is 16.9 Å². The van der Waals surface area contributed by atoms with Crippen LogP contribution in [0.15, 0.2) is 46.6 Å². The first-order valence-corrected chi connectivity index (χ1v) is 9.54. The van der Waals surface area contributed by atoms with E-state index in [1.165, 1.54) is 11.3 Å². The van der Waals surface area contributed by atoms with E-state index in [0.717, 1.165) is 44.3 Å². The first-order chi connectivity index (χ1) is 13.5. The van der Waals surface area contributed by atoms with Gasteiger partial charge in [-0.15, -0.1) is 11.3 Å². The molecular formula is C21H18N2O4S. The molecule has 2 aromatic carbocycles. The Hall–Kier alpha value is -3.32. The Morgan fingerprint density at radius 1 is 1.25 bits per heavy atom. The number of thiophene rings is 1. The second kappa shape index (κ2) is 7.01. The third-order valence-electron chi connectivity index (χ3n) is 4.77. The minimum atomic E-state index is -1.06. The largest absolute Gasteiger partial charge is 0.496 e. The second-order valence-corrected chi connectivity index (χ2v) is 7.41. The van der Waals surface area contributed by atoms with Gasteiger partial charge in [-0.1, -0.05) is 24.3 Å². The quantitative estimate of drug-likeness (QED) is 0.475. The Morgan fingerprint density at radius 3 is 2.68 bits per heavy atom. The number of methoxy groups -OCH3 is 1. The maximum atomic E-state index is 12.4. The van der Waals surface area contributed by atoms with Crippen LogP contribution in [0.4, 0.5) is 4.79 Å². The number of carbonyl (C=O) groups is 1. The van der Waals surface area contributed by atoms with E-state index in [4.69, 9.17) is 9.84 Å². The lowest BCUT2D eigenvalue weighted by molar-refractivity contribution is 0.194. The summed E-state index contributed by atoms with van der Waals surface area (Å²) in [5, 5.41) is 14.9. The summed E-state index contributed by atoms with van der Waals surface area (Å²) in [6, 6.07) is 11.5. The molecule has 0 unspecified atom stereocenters. The van der Waals surface area contributed by atoms with Gasteiger partial charge in [-0.05, 0) is 41.1 Å². The van der Waals surface area contributed by atoms with Crippen molar-refractivity contribution < 1.29 is 14.6 Å². The molecule has 0 aliphatic heterocycles. The Morgan fingerprint density at radius 2 is 2.00 bits per heavy atom.